The first-order chi connectivity index (χ1) is 9.54. The van der Waals surface area contributed by atoms with Crippen LogP contribution < -0.4 is 5.32 Å². The van der Waals surface area contributed by atoms with Gasteiger partial charge in [-0.1, -0.05) is 28.9 Å². The van der Waals surface area contributed by atoms with E-state index < -0.39 is 0 Å². The zero-order valence-electron chi connectivity index (χ0n) is 10.7. The summed E-state index contributed by atoms with van der Waals surface area (Å²) in [6.45, 7) is 2.93. The van der Waals surface area contributed by atoms with Gasteiger partial charge in [0.15, 0.2) is 0 Å². The first-order valence-corrected chi connectivity index (χ1v) is 9.36. The van der Waals surface area contributed by atoms with Crippen molar-refractivity contribution in [2.24, 2.45) is 0 Å². The van der Waals surface area contributed by atoms with E-state index in [2.05, 4.69) is 60.0 Å². The van der Waals surface area contributed by atoms with Crippen molar-refractivity contribution in [1.82, 2.24) is 5.32 Å². The predicted molar refractivity (Wildman–Crippen MR) is 94.0 cm³/mol. The molecule has 0 aliphatic heterocycles. The van der Waals surface area contributed by atoms with Crippen LogP contribution in [0.2, 0.25) is 0 Å². The van der Waals surface area contributed by atoms with E-state index in [1.165, 1.54) is 6.07 Å². The van der Waals surface area contributed by atoms with Crippen LogP contribution in [-0.4, -0.2) is 6.54 Å². The van der Waals surface area contributed by atoms with Gasteiger partial charge in [0, 0.05) is 19.4 Å². The Morgan fingerprint density at radius 2 is 2.00 bits per heavy atom. The number of rotatable bonds is 5. The van der Waals surface area contributed by atoms with Gasteiger partial charge in [-0.15, -0.1) is 11.3 Å². The molecule has 1 nitrogen and oxygen atoms in total. The molecule has 0 aliphatic rings. The number of thiophene rings is 1. The molecule has 0 saturated carbocycles. The molecule has 0 bridgehead atoms. The van der Waals surface area contributed by atoms with Crippen molar-refractivity contribution in [1.29, 1.82) is 0 Å². The van der Waals surface area contributed by atoms with Gasteiger partial charge in [-0.05, 0) is 63.0 Å². The third-order valence-electron chi connectivity index (χ3n) is 2.84. The van der Waals surface area contributed by atoms with E-state index >= 15 is 0 Å². The van der Waals surface area contributed by atoms with Crippen LogP contribution in [0.25, 0.3) is 0 Å². The summed E-state index contributed by atoms with van der Waals surface area (Å²) in [6.07, 6.45) is 0.996. The Morgan fingerprint density at radius 3 is 2.55 bits per heavy atom. The van der Waals surface area contributed by atoms with Crippen molar-refractivity contribution < 1.29 is 4.39 Å². The van der Waals surface area contributed by atoms with Gasteiger partial charge >= 0.3 is 0 Å². The standard InChI is InChI=1S/C14H13Br3FNS/c1-2-6-19-13(11-7-9(16)14(17)20-11)12-8(15)4-3-5-10(12)18/h3-5,7,13,19H,2,6H2,1H3. The fraction of sp³-hybridized carbons (Fsp3) is 0.286. The maximum atomic E-state index is 14.2. The Bertz CT molecular complexity index is 560. The molecule has 1 atom stereocenters. The third-order valence-corrected chi connectivity index (χ3v) is 6.85. The second-order valence-electron chi connectivity index (χ2n) is 4.29. The van der Waals surface area contributed by atoms with Gasteiger partial charge in [-0.3, -0.25) is 0 Å². The van der Waals surface area contributed by atoms with Crippen molar-refractivity contribution in [3.8, 4) is 0 Å². The maximum Gasteiger partial charge on any atom is 0.129 e. The molecule has 1 aromatic heterocycles. The highest BCUT2D eigenvalue weighted by Gasteiger charge is 2.22. The van der Waals surface area contributed by atoms with Crippen LogP contribution in [0, 0.1) is 5.82 Å². The van der Waals surface area contributed by atoms with Gasteiger partial charge in [0.1, 0.15) is 5.82 Å². The molecule has 0 radical (unpaired) electrons. The summed E-state index contributed by atoms with van der Waals surface area (Å²) in [6, 6.07) is 6.95. The van der Waals surface area contributed by atoms with E-state index in [1.807, 2.05) is 12.1 Å². The second-order valence-corrected chi connectivity index (χ2v) is 8.40. The first kappa shape index (κ1) is 16.6. The average Bonchev–Trinajstić information content (AvgIpc) is 2.73. The minimum Gasteiger partial charge on any atom is -0.305 e. The maximum absolute atomic E-state index is 14.2. The average molecular weight is 486 g/mol. The first-order valence-electron chi connectivity index (χ1n) is 6.16. The summed E-state index contributed by atoms with van der Waals surface area (Å²) in [5.74, 6) is -0.200. The largest absolute Gasteiger partial charge is 0.305 e. The molecule has 1 heterocycles. The van der Waals surface area contributed by atoms with E-state index in [-0.39, 0.29) is 11.9 Å². The van der Waals surface area contributed by atoms with Gasteiger partial charge in [-0.25, -0.2) is 4.39 Å². The van der Waals surface area contributed by atoms with Crippen molar-refractivity contribution in [2.75, 3.05) is 6.54 Å². The Labute approximate surface area is 147 Å². The fourth-order valence-corrected chi connectivity index (χ4v) is 4.67. The molecular formula is C14H13Br3FNS. The van der Waals surface area contributed by atoms with Gasteiger partial charge in [0.05, 0.1) is 9.83 Å². The number of halogens is 4. The monoisotopic (exact) mass is 483 g/mol. The van der Waals surface area contributed by atoms with Gasteiger partial charge < -0.3 is 5.32 Å². The summed E-state index contributed by atoms with van der Waals surface area (Å²) in [4.78, 5) is 1.07. The zero-order chi connectivity index (χ0) is 14.7. The second kappa shape index (κ2) is 7.49. The van der Waals surface area contributed by atoms with E-state index in [0.29, 0.717) is 5.56 Å². The molecule has 1 unspecified atom stereocenters. The quantitative estimate of drug-likeness (QED) is 0.526. The number of hydrogen-bond acceptors (Lipinski definition) is 2. The summed E-state index contributed by atoms with van der Waals surface area (Å²) in [5, 5.41) is 3.42. The Hall–Kier alpha value is 0.250. The molecule has 0 aliphatic carbocycles. The molecule has 20 heavy (non-hydrogen) atoms. The molecule has 6 heteroatoms. The van der Waals surface area contributed by atoms with Gasteiger partial charge in [0.25, 0.3) is 0 Å². The molecular weight excluding hydrogens is 473 g/mol. The van der Waals surface area contributed by atoms with E-state index in [1.54, 1.807) is 17.4 Å². The molecule has 0 spiro atoms. The van der Waals surface area contributed by atoms with Crippen LogP contribution in [-0.2, 0) is 0 Å². The lowest BCUT2D eigenvalue weighted by atomic mass is 10.0. The van der Waals surface area contributed by atoms with Crippen molar-refractivity contribution >= 4 is 59.1 Å². The minimum atomic E-state index is -0.200. The van der Waals surface area contributed by atoms with E-state index in [9.17, 15) is 4.39 Å². The lowest BCUT2D eigenvalue weighted by Crippen LogP contribution is -2.23. The Kier molecular flexibility index (Phi) is 6.23. The third kappa shape index (κ3) is 3.71. The smallest absolute Gasteiger partial charge is 0.129 e. The van der Waals surface area contributed by atoms with Crippen LogP contribution in [0.15, 0.2) is 37.0 Å². The normalized spacial score (nSPS) is 12.7. The summed E-state index contributed by atoms with van der Waals surface area (Å²) in [7, 11) is 0. The van der Waals surface area contributed by atoms with Crippen molar-refractivity contribution in [2.45, 2.75) is 19.4 Å². The van der Waals surface area contributed by atoms with E-state index in [0.717, 1.165) is 30.6 Å². The summed E-state index contributed by atoms with van der Waals surface area (Å²) < 4.78 is 17.0. The zero-order valence-corrected chi connectivity index (χ0v) is 16.3. The summed E-state index contributed by atoms with van der Waals surface area (Å²) >= 11 is 12.1. The lowest BCUT2D eigenvalue weighted by Gasteiger charge is -2.19. The van der Waals surface area contributed by atoms with Gasteiger partial charge in [0.2, 0.25) is 0 Å². The highest BCUT2D eigenvalue weighted by molar-refractivity contribution is 9.13. The van der Waals surface area contributed by atoms with Crippen LogP contribution in [0.3, 0.4) is 0 Å². The molecule has 2 rings (SSSR count). The Morgan fingerprint density at radius 1 is 1.25 bits per heavy atom. The number of nitrogens with one attached hydrogen (secondary N) is 1. The fourth-order valence-electron chi connectivity index (χ4n) is 1.93. The van der Waals surface area contributed by atoms with Crippen LogP contribution in [0.1, 0.15) is 29.8 Å². The van der Waals surface area contributed by atoms with Crippen LogP contribution in [0.4, 0.5) is 4.39 Å². The minimum absolute atomic E-state index is 0.155. The number of hydrogen-bond donors (Lipinski definition) is 1. The summed E-state index contributed by atoms with van der Waals surface area (Å²) in [5.41, 5.74) is 0.655. The lowest BCUT2D eigenvalue weighted by molar-refractivity contribution is 0.549. The van der Waals surface area contributed by atoms with Crippen molar-refractivity contribution in [3.63, 3.8) is 0 Å². The van der Waals surface area contributed by atoms with Crippen LogP contribution >= 0.6 is 59.1 Å². The van der Waals surface area contributed by atoms with Crippen molar-refractivity contribution in [3.05, 3.63) is 53.3 Å². The molecule has 0 fully saturated rings. The van der Waals surface area contributed by atoms with Gasteiger partial charge in [-0.2, -0.15) is 0 Å². The topological polar surface area (TPSA) is 12.0 Å². The van der Waals surface area contributed by atoms with E-state index in [4.69, 9.17) is 0 Å². The molecule has 2 aromatic rings. The molecule has 0 amide bonds. The highest BCUT2D eigenvalue weighted by Crippen LogP contribution is 2.39. The SMILES string of the molecule is CCCNC(c1cc(Br)c(Br)s1)c1c(F)cccc1Br. The van der Waals surface area contributed by atoms with Crippen LogP contribution in [0.5, 0.6) is 0 Å². The molecule has 1 N–H and O–H groups in total. The molecule has 108 valence electrons. The molecule has 1 aromatic carbocycles. The predicted octanol–water partition coefficient (Wildman–Crippen LogP) is 6.26. The number of benzene rings is 1. The molecule has 0 saturated heterocycles. The highest BCUT2D eigenvalue weighted by atomic mass is 79.9. The Balaban J connectivity index is 2.47.